The quantitative estimate of drug-likeness (QED) is 0.751. The van der Waals surface area contributed by atoms with Crippen LogP contribution in [0.1, 0.15) is 18.5 Å². The summed E-state index contributed by atoms with van der Waals surface area (Å²) in [6.45, 7) is 2.38. The van der Waals surface area contributed by atoms with Crippen molar-refractivity contribution in [2.24, 2.45) is 0 Å². The zero-order valence-corrected chi connectivity index (χ0v) is 8.17. The van der Waals surface area contributed by atoms with E-state index in [2.05, 4.69) is 5.32 Å². The molecule has 13 heavy (non-hydrogen) atoms. The average molecular weight is 195 g/mol. The van der Waals surface area contributed by atoms with Crippen molar-refractivity contribution in [3.05, 3.63) is 34.9 Å². The van der Waals surface area contributed by atoms with E-state index in [1.165, 1.54) is 0 Å². The van der Waals surface area contributed by atoms with Crippen molar-refractivity contribution in [2.75, 3.05) is 6.54 Å². The Hall–Kier alpha value is -1.04. The van der Waals surface area contributed by atoms with Gasteiger partial charge in [-0.2, -0.15) is 5.26 Å². The second-order valence-corrected chi connectivity index (χ2v) is 3.25. The van der Waals surface area contributed by atoms with E-state index >= 15 is 0 Å². The summed E-state index contributed by atoms with van der Waals surface area (Å²) in [4.78, 5) is 0. The fourth-order valence-corrected chi connectivity index (χ4v) is 1.19. The van der Waals surface area contributed by atoms with Gasteiger partial charge in [-0.3, -0.25) is 5.32 Å². The smallest absolute Gasteiger partial charge is 0.0845 e. The van der Waals surface area contributed by atoms with Gasteiger partial charge in [0.25, 0.3) is 0 Å². The Morgan fingerprint density at radius 2 is 2.08 bits per heavy atom. The maximum atomic E-state index is 8.37. The van der Waals surface area contributed by atoms with Crippen LogP contribution in [0.5, 0.6) is 0 Å². The maximum absolute atomic E-state index is 8.37. The molecule has 0 amide bonds. The first kappa shape index (κ1) is 10.0. The van der Waals surface area contributed by atoms with E-state index in [9.17, 15) is 0 Å². The van der Waals surface area contributed by atoms with E-state index in [1.807, 2.05) is 37.3 Å². The van der Waals surface area contributed by atoms with Gasteiger partial charge < -0.3 is 0 Å². The molecule has 1 atom stereocenters. The van der Waals surface area contributed by atoms with Crippen molar-refractivity contribution in [1.82, 2.24) is 5.32 Å². The van der Waals surface area contributed by atoms with E-state index in [4.69, 9.17) is 16.9 Å². The molecule has 0 heterocycles. The largest absolute Gasteiger partial charge is 0.298 e. The van der Waals surface area contributed by atoms with E-state index < -0.39 is 0 Å². The summed E-state index contributed by atoms with van der Waals surface area (Å²) in [7, 11) is 0. The van der Waals surface area contributed by atoms with E-state index in [0.717, 1.165) is 10.6 Å². The Kier molecular flexibility index (Phi) is 3.75. The zero-order valence-electron chi connectivity index (χ0n) is 7.42. The van der Waals surface area contributed by atoms with Crippen molar-refractivity contribution in [1.29, 1.82) is 5.26 Å². The van der Waals surface area contributed by atoms with Crippen LogP contribution < -0.4 is 5.32 Å². The highest BCUT2D eigenvalue weighted by molar-refractivity contribution is 6.30. The van der Waals surface area contributed by atoms with Gasteiger partial charge in [-0.1, -0.05) is 23.7 Å². The minimum Gasteiger partial charge on any atom is -0.298 e. The van der Waals surface area contributed by atoms with Gasteiger partial charge in [0.2, 0.25) is 0 Å². The lowest BCUT2D eigenvalue weighted by Gasteiger charge is -2.11. The molecule has 68 valence electrons. The van der Waals surface area contributed by atoms with Gasteiger partial charge in [0.1, 0.15) is 0 Å². The molecule has 0 bridgehead atoms. The molecule has 0 unspecified atom stereocenters. The first-order chi connectivity index (χ1) is 6.24. The Morgan fingerprint density at radius 1 is 1.46 bits per heavy atom. The van der Waals surface area contributed by atoms with E-state index in [-0.39, 0.29) is 6.04 Å². The van der Waals surface area contributed by atoms with Crippen LogP contribution in [0.3, 0.4) is 0 Å². The highest BCUT2D eigenvalue weighted by atomic mass is 35.5. The molecule has 1 rings (SSSR count). The van der Waals surface area contributed by atoms with Gasteiger partial charge in [-0.15, -0.1) is 0 Å². The number of nitrogens with zero attached hydrogens (tertiary/aromatic N) is 1. The van der Waals surface area contributed by atoms with Gasteiger partial charge in [0.15, 0.2) is 0 Å². The number of hydrogen-bond donors (Lipinski definition) is 1. The lowest BCUT2D eigenvalue weighted by atomic mass is 10.1. The van der Waals surface area contributed by atoms with Crippen molar-refractivity contribution < 1.29 is 0 Å². The molecule has 0 spiro atoms. The summed E-state index contributed by atoms with van der Waals surface area (Å²) < 4.78 is 0. The molecule has 3 heteroatoms. The van der Waals surface area contributed by atoms with Crippen LogP contribution in [-0.2, 0) is 0 Å². The second kappa shape index (κ2) is 4.86. The van der Waals surface area contributed by atoms with Crippen molar-refractivity contribution >= 4 is 11.6 Å². The maximum Gasteiger partial charge on any atom is 0.0845 e. The predicted molar refractivity (Wildman–Crippen MR) is 53.5 cm³/mol. The van der Waals surface area contributed by atoms with Crippen LogP contribution in [0.2, 0.25) is 5.02 Å². The van der Waals surface area contributed by atoms with Gasteiger partial charge >= 0.3 is 0 Å². The Morgan fingerprint density at radius 3 is 2.62 bits per heavy atom. The monoisotopic (exact) mass is 194 g/mol. The molecule has 0 saturated heterocycles. The summed E-state index contributed by atoms with van der Waals surface area (Å²) in [6, 6.07) is 9.84. The minimum atomic E-state index is 0.192. The Bertz CT molecular complexity index is 300. The molecular formula is C10H11ClN2. The van der Waals surface area contributed by atoms with Crippen LogP contribution in [-0.4, -0.2) is 6.54 Å². The molecule has 0 aliphatic rings. The number of nitriles is 1. The summed E-state index contributed by atoms with van der Waals surface area (Å²) in [5.74, 6) is 0. The molecule has 1 N–H and O–H groups in total. The first-order valence-corrected chi connectivity index (χ1v) is 4.47. The van der Waals surface area contributed by atoms with Crippen LogP contribution >= 0.6 is 11.6 Å². The average Bonchev–Trinajstić information content (AvgIpc) is 2.15. The summed E-state index contributed by atoms with van der Waals surface area (Å²) in [6.07, 6.45) is 0. The normalized spacial score (nSPS) is 12.1. The molecule has 0 aromatic heterocycles. The predicted octanol–water partition coefficient (Wildman–Crippen LogP) is 2.51. The first-order valence-electron chi connectivity index (χ1n) is 4.10. The van der Waals surface area contributed by atoms with Crippen molar-refractivity contribution in [2.45, 2.75) is 13.0 Å². The third-order valence-corrected chi connectivity index (χ3v) is 2.11. The molecule has 1 aromatic carbocycles. The molecule has 0 aliphatic heterocycles. The zero-order chi connectivity index (χ0) is 9.68. The standard InChI is InChI=1S/C10H11ClN2/c1-8(13-7-6-12)9-2-4-10(11)5-3-9/h2-5,8,13H,7H2,1H3/t8-/m1/s1. The molecule has 0 fully saturated rings. The van der Waals surface area contributed by atoms with E-state index in [0.29, 0.717) is 6.54 Å². The highest BCUT2D eigenvalue weighted by Crippen LogP contribution is 2.15. The van der Waals surface area contributed by atoms with Gasteiger partial charge in [-0.05, 0) is 24.6 Å². The minimum absolute atomic E-state index is 0.192. The SMILES string of the molecule is C[C@@H](NCC#N)c1ccc(Cl)cc1. The van der Waals surface area contributed by atoms with Gasteiger partial charge in [-0.25, -0.2) is 0 Å². The summed E-state index contributed by atoms with van der Waals surface area (Å²) in [5.41, 5.74) is 1.14. The topological polar surface area (TPSA) is 35.8 Å². The Labute approximate surface area is 83.1 Å². The summed E-state index contributed by atoms with van der Waals surface area (Å²) in [5, 5.41) is 12.2. The third kappa shape index (κ3) is 3.06. The lowest BCUT2D eigenvalue weighted by molar-refractivity contribution is 0.621. The lowest BCUT2D eigenvalue weighted by Crippen LogP contribution is -2.18. The van der Waals surface area contributed by atoms with Crippen LogP contribution in [0.4, 0.5) is 0 Å². The molecule has 2 nitrogen and oxygen atoms in total. The fraction of sp³-hybridized carbons (Fsp3) is 0.300. The van der Waals surface area contributed by atoms with E-state index in [1.54, 1.807) is 0 Å². The number of halogens is 1. The number of benzene rings is 1. The summed E-state index contributed by atoms with van der Waals surface area (Å²) >= 11 is 5.75. The van der Waals surface area contributed by atoms with Crippen molar-refractivity contribution in [3.8, 4) is 6.07 Å². The number of nitrogens with one attached hydrogen (secondary N) is 1. The molecule has 0 radical (unpaired) electrons. The van der Waals surface area contributed by atoms with Crippen molar-refractivity contribution in [3.63, 3.8) is 0 Å². The van der Waals surface area contributed by atoms with Crippen LogP contribution in [0.25, 0.3) is 0 Å². The highest BCUT2D eigenvalue weighted by Gasteiger charge is 2.02. The van der Waals surface area contributed by atoms with Gasteiger partial charge in [0.05, 0.1) is 12.6 Å². The van der Waals surface area contributed by atoms with Crippen LogP contribution in [0.15, 0.2) is 24.3 Å². The molecular weight excluding hydrogens is 184 g/mol. The van der Waals surface area contributed by atoms with Crippen LogP contribution in [0, 0.1) is 11.3 Å². The number of rotatable bonds is 3. The third-order valence-electron chi connectivity index (χ3n) is 1.86. The molecule has 1 aromatic rings. The molecule has 0 saturated carbocycles. The molecule has 0 aliphatic carbocycles. The van der Waals surface area contributed by atoms with Gasteiger partial charge in [0, 0.05) is 11.1 Å². The Balaban J connectivity index is 2.62. The fourth-order valence-electron chi connectivity index (χ4n) is 1.07. The number of hydrogen-bond acceptors (Lipinski definition) is 2. The second-order valence-electron chi connectivity index (χ2n) is 2.81.